The van der Waals surface area contributed by atoms with Crippen molar-refractivity contribution in [3.05, 3.63) is 12.2 Å². The van der Waals surface area contributed by atoms with E-state index < -0.39 is 29.7 Å². The molecule has 2 rings (SSSR count). The Labute approximate surface area is 175 Å². The number of unbranched alkanes of at least 4 members (excludes halogenated alkanes) is 2. The van der Waals surface area contributed by atoms with E-state index in [4.69, 9.17) is 4.74 Å². The third-order valence-corrected chi connectivity index (χ3v) is 4.77. The van der Waals surface area contributed by atoms with Crippen molar-refractivity contribution < 1.29 is 33.8 Å². The fourth-order valence-electron chi connectivity index (χ4n) is 3.38. The number of amides is 4. The zero-order chi connectivity index (χ0) is 22.5. The minimum Gasteiger partial charge on any atom is -0.480 e. The Morgan fingerprint density at radius 2 is 1.77 bits per heavy atom. The molecule has 0 aliphatic carbocycles. The molecule has 0 spiro atoms. The molecule has 0 bridgehead atoms. The number of carboxylic acid groups (broad SMARTS) is 1. The van der Waals surface area contributed by atoms with Crippen LogP contribution in [0.15, 0.2) is 12.2 Å². The van der Waals surface area contributed by atoms with Gasteiger partial charge in [-0.2, -0.15) is 0 Å². The lowest BCUT2D eigenvalue weighted by molar-refractivity contribution is -0.142. The van der Waals surface area contributed by atoms with Gasteiger partial charge in [0.05, 0.1) is 0 Å². The van der Waals surface area contributed by atoms with Gasteiger partial charge in [0, 0.05) is 44.1 Å². The van der Waals surface area contributed by atoms with Crippen molar-refractivity contribution in [1.82, 2.24) is 15.1 Å². The van der Waals surface area contributed by atoms with Crippen LogP contribution in [0.2, 0.25) is 0 Å². The summed E-state index contributed by atoms with van der Waals surface area (Å²) in [5, 5.41) is 12.2. The van der Waals surface area contributed by atoms with E-state index in [1.54, 1.807) is 20.8 Å². The molecular weight excluding hydrogens is 394 g/mol. The molecule has 10 nitrogen and oxygen atoms in total. The van der Waals surface area contributed by atoms with E-state index in [2.05, 4.69) is 5.32 Å². The SMILES string of the molecule is CC(C)(C)OC(=O)N1C[C@@H](NC(=O)CCCCCN2C(=O)C=CC2=O)C[C@H]1C(=O)O. The highest BCUT2D eigenvalue weighted by molar-refractivity contribution is 6.12. The fraction of sp³-hybridized carbons (Fsp3) is 0.650. The average molecular weight is 423 g/mol. The van der Waals surface area contributed by atoms with Crippen LogP contribution >= 0.6 is 0 Å². The molecule has 0 radical (unpaired) electrons. The van der Waals surface area contributed by atoms with E-state index in [1.807, 2.05) is 0 Å². The number of hydrogen-bond donors (Lipinski definition) is 2. The summed E-state index contributed by atoms with van der Waals surface area (Å²) in [5.74, 6) is -2.01. The first-order valence-electron chi connectivity index (χ1n) is 10.0. The predicted molar refractivity (Wildman–Crippen MR) is 105 cm³/mol. The number of hydrogen-bond acceptors (Lipinski definition) is 6. The van der Waals surface area contributed by atoms with Crippen LogP contribution in [0.1, 0.15) is 52.9 Å². The maximum absolute atomic E-state index is 12.3. The lowest BCUT2D eigenvalue weighted by atomic mass is 10.1. The Balaban J connectivity index is 1.73. The lowest BCUT2D eigenvalue weighted by Crippen LogP contribution is -2.44. The van der Waals surface area contributed by atoms with Crippen LogP contribution in [-0.4, -0.2) is 75.5 Å². The summed E-state index contributed by atoms with van der Waals surface area (Å²) in [6.45, 7) is 5.48. The summed E-state index contributed by atoms with van der Waals surface area (Å²) in [7, 11) is 0. The van der Waals surface area contributed by atoms with Crippen LogP contribution in [0, 0.1) is 0 Å². The van der Waals surface area contributed by atoms with Crippen LogP contribution in [0.5, 0.6) is 0 Å². The highest BCUT2D eigenvalue weighted by atomic mass is 16.6. The molecular formula is C20H29N3O7. The molecule has 30 heavy (non-hydrogen) atoms. The number of carboxylic acids is 1. The van der Waals surface area contributed by atoms with Gasteiger partial charge in [-0.25, -0.2) is 9.59 Å². The number of rotatable bonds is 8. The van der Waals surface area contributed by atoms with Gasteiger partial charge in [0.2, 0.25) is 5.91 Å². The largest absolute Gasteiger partial charge is 0.480 e. The molecule has 2 atom stereocenters. The average Bonchev–Trinajstić information content (AvgIpc) is 3.18. The summed E-state index contributed by atoms with van der Waals surface area (Å²) in [5.41, 5.74) is -0.748. The number of carbonyl (C=O) groups is 5. The quantitative estimate of drug-likeness (QED) is 0.440. The maximum Gasteiger partial charge on any atom is 0.411 e. The molecule has 0 saturated carbocycles. The van der Waals surface area contributed by atoms with Gasteiger partial charge in [-0.05, 0) is 33.6 Å². The summed E-state index contributed by atoms with van der Waals surface area (Å²) in [6, 6.07) is -1.51. The molecule has 2 heterocycles. The molecule has 2 aliphatic heterocycles. The molecule has 0 aromatic rings. The molecule has 0 aromatic carbocycles. The molecule has 166 valence electrons. The van der Waals surface area contributed by atoms with E-state index in [0.29, 0.717) is 25.8 Å². The van der Waals surface area contributed by atoms with Crippen LogP contribution in [-0.2, 0) is 23.9 Å². The molecule has 1 fully saturated rings. The van der Waals surface area contributed by atoms with E-state index >= 15 is 0 Å². The second kappa shape index (κ2) is 9.73. The van der Waals surface area contributed by atoms with Crippen molar-refractivity contribution in [2.45, 2.75) is 70.6 Å². The van der Waals surface area contributed by atoms with Gasteiger partial charge in [-0.15, -0.1) is 0 Å². The Bertz CT molecular complexity index is 723. The number of carbonyl (C=O) groups excluding carboxylic acids is 4. The molecule has 1 saturated heterocycles. The first kappa shape index (κ1) is 23.4. The summed E-state index contributed by atoms with van der Waals surface area (Å²) in [4.78, 5) is 61.2. The van der Waals surface area contributed by atoms with Gasteiger partial charge in [-0.1, -0.05) is 6.42 Å². The molecule has 0 aromatic heterocycles. The predicted octanol–water partition coefficient (Wildman–Crippen LogP) is 1.05. The van der Waals surface area contributed by atoms with E-state index in [1.165, 1.54) is 12.2 Å². The number of nitrogens with one attached hydrogen (secondary N) is 1. The highest BCUT2D eigenvalue weighted by Gasteiger charge is 2.42. The van der Waals surface area contributed by atoms with Crippen molar-refractivity contribution in [3.63, 3.8) is 0 Å². The van der Waals surface area contributed by atoms with Gasteiger partial charge in [0.15, 0.2) is 0 Å². The third-order valence-electron chi connectivity index (χ3n) is 4.77. The van der Waals surface area contributed by atoms with Gasteiger partial charge < -0.3 is 15.2 Å². The van der Waals surface area contributed by atoms with Crippen molar-refractivity contribution >= 4 is 29.8 Å². The first-order valence-corrected chi connectivity index (χ1v) is 10.0. The van der Waals surface area contributed by atoms with Crippen LogP contribution in [0.4, 0.5) is 4.79 Å². The molecule has 4 amide bonds. The van der Waals surface area contributed by atoms with E-state index in [0.717, 1.165) is 9.80 Å². The number of imide groups is 1. The number of nitrogens with zero attached hydrogens (tertiary/aromatic N) is 2. The standard InChI is InChI=1S/C20H29N3O7/c1-20(2,3)30-19(29)23-12-13(11-14(23)18(27)28)21-15(24)7-5-4-6-10-22-16(25)8-9-17(22)26/h8-9,13-14H,4-7,10-12H2,1-3H3,(H,21,24)(H,27,28)/t13-,14-/m0/s1. The highest BCUT2D eigenvalue weighted by Crippen LogP contribution is 2.22. The summed E-state index contributed by atoms with van der Waals surface area (Å²) in [6.07, 6.45) is 3.95. The fourth-order valence-corrected chi connectivity index (χ4v) is 3.38. The van der Waals surface area contributed by atoms with Crippen LogP contribution in [0.3, 0.4) is 0 Å². The van der Waals surface area contributed by atoms with Crippen molar-refractivity contribution in [1.29, 1.82) is 0 Å². The zero-order valence-corrected chi connectivity index (χ0v) is 17.6. The van der Waals surface area contributed by atoms with Gasteiger partial charge in [0.1, 0.15) is 11.6 Å². The summed E-state index contributed by atoms with van der Waals surface area (Å²) >= 11 is 0. The first-order chi connectivity index (χ1) is 14.0. The summed E-state index contributed by atoms with van der Waals surface area (Å²) < 4.78 is 5.26. The van der Waals surface area contributed by atoms with Crippen molar-refractivity contribution in [3.8, 4) is 0 Å². The second-order valence-corrected chi connectivity index (χ2v) is 8.46. The third kappa shape index (κ3) is 6.57. The minimum absolute atomic E-state index is 0.0732. The van der Waals surface area contributed by atoms with Crippen molar-refractivity contribution in [2.24, 2.45) is 0 Å². The number of ether oxygens (including phenoxy) is 1. The molecule has 10 heteroatoms. The Hall–Kier alpha value is -2.91. The van der Waals surface area contributed by atoms with Crippen LogP contribution in [0.25, 0.3) is 0 Å². The van der Waals surface area contributed by atoms with Gasteiger partial charge in [0.25, 0.3) is 11.8 Å². The smallest absolute Gasteiger partial charge is 0.411 e. The molecule has 0 unspecified atom stereocenters. The van der Waals surface area contributed by atoms with E-state index in [9.17, 15) is 29.1 Å². The Morgan fingerprint density at radius 3 is 2.33 bits per heavy atom. The number of aliphatic carboxylic acids is 1. The number of likely N-dealkylation sites (tertiary alicyclic amines) is 1. The topological polar surface area (TPSA) is 133 Å². The Kier molecular flexibility index (Phi) is 7.58. The zero-order valence-electron chi connectivity index (χ0n) is 17.6. The Morgan fingerprint density at radius 1 is 1.13 bits per heavy atom. The van der Waals surface area contributed by atoms with E-state index in [-0.39, 0.29) is 37.1 Å². The minimum atomic E-state index is -1.14. The second-order valence-electron chi connectivity index (χ2n) is 8.46. The maximum atomic E-state index is 12.3. The lowest BCUT2D eigenvalue weighted by Gasteiger charge is -2.26. The molecule has 2 N–H and O–H groups in total. The van der Waals surface area contributed by atoms with Gasteiger partial charge in [-0.3, -0.25) is 24.2 Å². The van der Waals surface area contributed by atoms with Gasteiger partial charge >= 0.3 is 12.1 Å². The molecule has 2 aliphatic rings. The monoisotopic (exact) mass is 423 g/mol. The van der Waals surface area contributed by atoms with Crippen molar-refractivity contribution in [2.75, 3.05) is 13.1 Å². The normalized spacial score (nSPS) is 21.3. The van der Waals surface area contributed by atoms with Crippen LogP contribution < -0.4 is 5.32 Å².